The van der Waals surface area contributed by atoms with Gasteiger partial charge < -0.3 is 25.6 Å². The lowest BCUT2D eigenvalue weighted by atomic mass is 9.79. The highest BCUT2D eigenvalue weighted by atomic mass is 19.4. The van der Waals surface area contributed by atoms with Gasteiger partial charge in [-0.1, -0.05) is 50.2 Å². The van der Waals surface area contributed by atoms with Gasteiger partial charge in [0.25, 0.3) is 0 Å². The number of likely N-dealkylation sites (N-methyl/N-ethyl adjacent to an activating group) is 1. The maximum atomic E-state index is 13.1. The van der Waals surface area contributed by atoms with Crippen molar-refractivity contribution in [2.75, 3.05) is 58.7 Å². The SMILES string of the molecule is CC(CCC1CNc2ccc(C(F)(F)F)cc2C1C)COC(=O)NCCCNCCN(C)C.c1ccccc1. The van der Waals surface area contributed by atoms with Gasteiger partial charge in [-0.2, -0.15) is 13.2 Å². The summed E-state index contributed by atoms with van der Waals surface area (Å²) < 4.78 is 44.6. The number of rotatable bonds is 12. The monoisotopic (exact) mass is 550 g/mol. The molecule has 0 saturated carbocycles. The molecule has 1 amide bonds. The van der Waals surface area contributed by atoms with Crippen molar-refractivity contribution in [1.29, 1.82) is 0 Å². The standard InChI is InChI=1S/C24H39F3N4O2.C6H6/c1-17(16-33-23(32)29-11-5-10-28-12-13-31(3)4)6-7-19-15-30-22-9-8-20(24(25,26)27)14-21(22)18(19)2;1-2-4-6-5-3-1/h8-9,14,17-19,28,30H,5-7,10-13,15-16H2,1-4H3,(H,29,32);1-6H. The van der Waals surface area contributed by atoms with Crippen LogP contribution < -0.4 is 16.0 Å². The highest BCUT2D eigenvalue weighted by Crippen LogP contribution is 2.40. The van der Waals surface area contributed by atoms with E-state index in [1.54, 1.807) is 0 Å². The second-order valence-corrected chi connectivity index (χ2v) is 10.5. The Hall–Kier alpha value is -2.78. The highest BCUT2D eigenvalue weighted by molar-refractivity contribution is 5.67. The van der Waals surface area contributed by atoms with E-state index in [2.05, 4.69) is 20.9 Å². The Morgan fingerprint density at radius 3 is 2.38 bits per heavy atom. The third-order valence-corrected chi connectivity index (χ3v) is 6.86. The van der Waals surface area contributed by atoms with Crippen molar-refractivity contribution in [2.24, 2.45) is 11.8 Å². The zero-order valence-corrected chi connectivity index (χ0v) is 23.7. The van der Waals surface area contributed by atoms with Crippen molar-refractivity contribution in [1.82, 2.24) is 15.5 Å². The largest absolute Gasteiger partial charge is 0.449 e. The average molecular weight is 551 g/mol. The summed E-state index contributed by atoms with van der Waals surface area (Å²) >= 11 is 0. The number of carbonyl (C=O) groups excluding carboxylic acids is 1. The molecule has 0 aromatic heterocycles. The van der Waals surface area contributed by atoms with Crippen molar-refractivity contribution >= 4 is 11.8 Å². The minimum Gasteiger partial charge on any atom is -0.449 e. The predicted molar refractivity (Wildman–Crippen MR) is 152 cm³/mol. The predicted octanol–water partition coefficient (Wildman–Crippen LogP) is 6.22. The quantitative estimate of drug-likeness (QED) is 0.274. The first-order valence-electron chi connectivity index (χ1n) is 13.8. The molecule has 6 nitrogen and oxygen atoms in total. The molecule has 0 aliphatic carbocycles. The van der Waals surface area contributed by atoms with Crippen LogP contribution in [-0.2, 0) is 10.9 Å². The number of fused-ring (bicyclic) bond motifs is 1. The Kier molecular flexibility index (Phi) is 14.2. The molecule has 2 aromatic carbocycles. The van der Waals surface area contributed by atoms with Crippen LogP contribution in [0.3, 0.4) is 0 Å². The summed E-state index contributed by atoms with van der Waals surface area (Å²) in [6.45, 7) is 8.38. The van der Waals surface area contributed by atoms with Crippen molar-refractivity contribution in [2.45, 2.75) is 45.2 Å². The lowest BCUT2D eigenvalue weighted by Gasteiger charge is -2.33. The molecule has 1 aliphatic rings. The summed E-state index contributed by atoms with van der Waals surface area (Å²) in [5.41, 5.74) is 0.904. The van der Waals surface area contributed by atoms with Crippen molar-refractivity contribution < 1.29 is 22.7 Å². The van der Waals surface area contributed by atoms with Gasteiger partial charge in [-0.15, -0.1) is 0 Å². The van der Waals surface area contributed by atoms with Gasteiger partial charge in [-0.05, 0) is 81.4 Å². The van der Waals surface area contributed by atoms with Crippen LogP contribution in [0.1, 0.15) is 50.2 Å². The van der Waals surface area contributed by atoms with Gasteiger partial charge in [0.1, 0.15) is 0 Å². The van der Waals surface area contributed by atoms with E-state index >= 15 is 0 Å². The summed E-state index contributed by atoms with van der Waals surface area (Å²) in [6, 6.07) is 15.9. The van der Waals surface area contributed by atoms with E-state index in [0.717, 1.165) is 62.8 Å². The second-order valence-electron chi connectivity index (χ2n) is 10.5. The minimum atomic E-state index is -4.34. The van der Waals surface area contributed by atoms with Gasteiger partial charge in [0.15, 0.2) is 0 Å². The maximum absolute atomic E-state index is 13.1. The molecule has 39 heavy (non-hydrogen) atoms. The van der Waals surface area contributed by atoms with Gasteiger partial charge in [0.05, 0.1) is 12.2 Å². The van der Waals surface area contributed by atoms with Gasteiger partial charge in [0.2, 0.25) is 0 Å². The molecule has 218 valence electrons. The number of nitrogens with one attached hydrogen (secondary N) is 3. The molecule has 9 heteroatoms. The number of benzene rings is 2. The van der Waals surface area contributed by atoms with Crippen LogP contribution in [0.25, 0.3) is 0 Å². The average Bonchev–Trinajstić information content (AvgIpc) is 2.91. The maximum Gasteiger partial charge on any atom is 0.416 e. The molecule has 3 atom stereocenters. The summed E-state index contributed by atoms with van der Waals surface area (Å²) in [5, 5.41) is 9.35. The number of nitrogens with zero attached hydrogens (tertiary/aromatic N) is 1. The highest BCUT2D eigenvalue weighted by Gasteiger charge is 2.33. The van der Waals surface area contributed by atoms with Crippen LogP contribution in [0, 0.1) is 11.8 Å². The Labute approximate surface area is 231 Å². The minimum absolute atomic E-state index is 0.0336. The van der Waals surface area contributed by atoms with Crippen LogP contribution >= 0.6 is 0 Å². The van der Waals surface area contributed by atoms with E-state index in [9.17, 15) is 18.0 Å². The molecule has 0 spiro atoms. The number of ether oxygens (including phenoxy) is 1. The molecule has 3 rings (SSSR count). The third-order valence-electron chi connectivity index (χ3n) is 6.86. The van der Waals surface area contributed by atoms with Crippen LogP contribution in [0.15, 0.2) is 54.6 Å². The third kappa shape index (κ3) is 12.7. The molecular weight excluding hydrogens is 505 g/mol. The van der Waals surface area contributed by atoms with Crippen LogP contribution in [0.4, 0.5) is 23.7 Å². The number of alkyl carbamates (subject to hydrolysis) is 1. The topological polar surface area (TPSA) is 65.6 Å². The zero-order chi connectivity index (χ0) is 28.7. The number of halogens is 3. The first-order chi connectivity index (χ1) is 18.6. The van der Waals surface area contributed by atoms with Crippen molar-refractivity contribution in [3.8, 4) is 0 Å². The van der Waals surface area contributed by atoms with Crippen LogP contribution in [0.5, 0.6) is 0 Å². The van der Waals surface area contributed by atoms with E-state index in [1.807, 2.05) is 64.3 Å². The smallest absolute Gasteiger partial charge is 0.416 e. The fourth-order valence-electron chi connectivity index (χ4n) is 4.37. The normalized spacial score (nSPS) is 17.3. The number of amides is 1. The Morgan fingerprint density at radius 1 is 1.10 bits per heavy atom. The fraction of sp³-hybridized carbons (Fsp3) is 0.567. The van der Waals surface area contributed by atoms with Gasteiger partial charge in [0, 0.05) is 31.9 Å². The van der Waals surface area contributed by atoms with E-state index in [-0.39, 0.29) is 17.8 Å². The molecule has 1 aliphatic heterocycles. The number of carbonyl (C=O) groups is 1. The molecule has 2 aromatic rings. The van der Waals surface area contributed by atoms with E-state index in [0.29, 0.717) is 13.2 Å². The lowest BCUT2D eigenvalue weighted by molar-refractivity contribution is -0.137. The molecular formula is C30H45F3N4O2. The van der Waals surface area contributed by atoms with Crippen molar-refractivity contribution in [3.63, 3.8) is 0 Å². The van der Waals surface area contributed by atoms with Crippen molar-refractivity contribution in [3.05, 3.63) is 65.7 Å². The first-order valence-corrected chi connectivity index (χ1v) is 13.8. The van der Waals surface area contributed by atoms with E-state index in [4.69, 9.17) is 4.74 Å². The lowest BCUT2D eigenvalue weighted by Crippen LogP contribution is -2.31. The summed E-state index contributed by atoms with van der Waals surface area (Å²) in [5.74, 6) is 0.446. The fourth-order valence-corrected chi connectivity index (χ4v) is 4.37. The molecule has 0 bridgehead atoms. The number of alkyl halides is 3. The first kappa shape index (κ1) is 32.4. The summed E-state index contributed by atoms with van der Waals surface area (Å²) in [7, 11) is 4.05. The van der Waals surface area contributed by atoms with E-state index < -0.39 is 17.8 Å². The molecule has 0 fully saturated rings. The van der Waals surface area contributed by atoms with Crippen LogP contribution in [-0.4, -0.2) is 64.4 Å². The van der Waals surface area contributed by atoms with E-state index in [1.165, 1.54) is 12.1 Å². The molecule has 0 radical (unpaired) electrons. The molecule has 3 unspecified atom stereocenters. The number of hydrogen-bond acceptors (Lipinski definition) is 5. The molecule has 0 saturated heterocycles. The summed E-state index contributed by atoms with van der Waals surface area (Å²) in [4.78, 5) is 14.0. The second kappa shape index (κ2) is 17.0. The Morgan fingerprint density at radius 2 is 1.77 bits per heavy atom. The number of hydrogen-bond donors (Lipinski definition) is 3. The number of anilines is 1. The van der Waals surface area contributed by atoms with Gasteiger partial charge in [-0.25, -0.2) is 4.79 Å². The van der Waals surface area contributed by atoms with Gasteiger partial charge in [-0.3, -0.25) is 0 Å². The molecule has 1 heterocycles. The molecule has 3 N–H and O–H groups in total. The Balaban J connectivity index is 0.000000780. The zero-order valence-electron chi connectivity index (χ0n) is 23.7. The summed E-state index contributed by atoms with van der Waals surface area (Å²) in [6.07, 6.45) is -2.21. The van der Waals surface area contributed by atoms with Crippen LogP contribution in [0.2, 0.25) is 0 Å². The Bertz CT molecular complexity index is 930. The van der Waals surface area contributed by atoms with Gasteiger partial charge >= 0.3 is 12.3 Å².